The first-order chi connectivity index (χ1) is 16.0. The number of carbonyl (C=O) groups excluding carboxylic acids is 1. The van der Waals surface area contributed by atoms with Crippen LogP contribution in [0.15, 0.2) is 52.7 Å². The topological polar surface area (TPSA) is 71.7 Å². The van der Waals surface area contributed by atoms with Gasteiger partial charge in [-0.2, -0.15) is 0 Å². The van der Waals surface area contributed by atoms with Crippen molar-refractivity contribution in [2.24, 2.45) is 0 Å². The summed E-state index contributed by atoms with van der Waals surface area (Å²) in [6, 6.07) is 10.00. The molecule has 1 aliphatic rings. The molecule has 1 aromatic carbocycles. The van der Waals surface area contributed by atoms with E-state index >= 15 is 0 Å². The van der Waals surface area contributed by atoms with Gasteiger partial charge in [-0.15, -0.1) is 11.3 Å². The van der Waals surface area contributed by atoms with Crippen molar-refractivity contribution in [2.45, 2.75) is 38.9 Å². The van der Waals surface area contributed by atoms with Crippen molar-refractivity contribution in [3.63, 3.8) is 0 Å². The van der Waals surface area contributed by atoms with Crippen LogP contribution in [0.2, 0.25) is 0 Å². The van der Waals surface area contributed by atoms with Gasteiger partial charge in [0.1, 0.15) is 17.8 Å². The number of furan rings is 1. The van der Waals surface area contributed by atoms with Gasteiger partial charge in [0.15, 0.2) is 0 Å². The molecule has 0 radical (unpaired) electrons. The molecular weight excluding hydrogens is 436 g/mol. The third kappa shape index (κ3) is 4.57. The second-order valence-electron chi connectivity index (χ2n) is 8.42. The van der Waals surface area contributed by atoms with Gasteiger partial charge in [-0.05, 0) is 44.0 Å². The van der Waals surface area contributed by atoms with Crippen LogP contribution in [0.25, 0.3) is 10.9 Å². The lowest BCUT2D eigenvalue weighted by atomic mass is 10.1. The number of carbonyl (C=O) groups is 1. The highest BCUT2D eigenvalue weighted by Gasteiger charge is 2.34. The molecule has 7 nitrogen and oxygen atoms in total. The van der Waals surface area contributed by atoms with E-state index in [-0.39, 0.29) is 11.9 Å². The zero-order chi connectivity index (χ0) is 22.9. The lowest BCUT2D eigenvalue weighted by Crippen LogP contribution is -2.33. The molecule has 3 heterocycles. The van der Waals surface area contributed by atoms with Crippen LogP contribution in [-0.2, 0) is 13.1 Å². The van der Waals surface area contributed by atoms with E-state index < -0.39 is 0 Å². The zero-order valence-electron chi connectivity index (χ0n) is 18.9. The molecule has 8 heteroatoms. The maximum Gasteiger partial charge on any atom is 0.257 e. The third-order valence-electron chi connectivity index (χ3n) is 5.87. The minimum absolute atomic E-state index is 0.00944. The summed E-state index contributed by atoms with van der Waals surface area (Å²) in [5, 5.41) is 4.13. The molecule has 1 saturated carbocycles. The predicted molar refractivity (Wildman–Crippen MR) is 129 cm³/mol. The van der Waals surface area contributed by atoms with E-state index in [1.807, 2.05) is 37.1 Å². The highest BCUT2D eigenvalue weighted by atomic mass is 32.1. The quantitative estimate of drug-likeness (QED) is 0.365. The zero-order valence-corrected chi connectivity index (χ0v) is 19.8. The lowest BCUT2D eigenvalue weighted by molar-refractivity contribution is 0.0729. The molecule has 1 aliphatic carbocycles. The molecule has 4 aromatic rings. The van der Waals surface area contributed by atoms with Crippen molar-refractivity contribution in [3.05, 3.63) is 70.1 Å². The number of aromatic nitrogens is 2. The summed E-state index contributed by atoms with van der Waals surface area (Å²) >= 11 is 1.64. The molecule has 33 heavy (non-hydrogen) atoms. The number of pyridine rings is 1. The number of anilines is 1. The Hall–Kier alpha value is -3.39. The van der Waals surface area contributed by atoms with Gasteiger partial charge in [-0.3, -0.25) is 4.79 Å². The molecule has 1 amide bonds. The van der Waals surface area contributed by atoms with Crippen LogP contribution in [0.1, 0.15) is 39.5 Å². The number of nitrogens with zero attached hydrogens (tertiary/aromatic N) is 4. The van der Waals surface area contributed by atoms with Crippen molar-refractivity contribution >= 4 is 34.0 Å². The van der Waals surface area contributed by atoms with E-state index in [4.69, 9.17) is 14.1 Å². The standard InChI is InChI=1S/C25H26N4O3S/c1-16-26-20(15-33-16)13-28(2)24-19(10-17-4-7-22(31-3)11-23(17)27-24)12-29(21-5-6-21)25(30)18-8-9-32-14-18/h4,7-11,14-15,21H,5-6,12-13H2,1-3H3. The fourth-order valence-electron chi connectivity index (χ4n) is 4.04. The van der Waals surface area contributed by atoms with E-state index in [0.717, 1.165) is 51.6 Å². The first-order valence-corrected chi connectivity index (χ1v) is 11.8. The van der Waals surface area contributed by atoms with Gasteiger partial charge >= 0.3 is 0 Å². The molecule has 0 saturated heterocycles. The summed E-state index contributed by atoms with van der Waals surface area (Å²) in [7, 11) is 3.67. The number of thiazole rings is 1. The number of aryl methyl sites for hydroxylation is 1. The van der Waals surface area contributed by atoms with Crippen molar-refractivity contribution in [1.29, 1.82) is 0 Å². The molecule has 0 unspecified atom stereocenters. The summed E-state index contributed by atoms with van der Waals surface area (Å²) in [5.41, 5.74) is 3.44. The van der Waals surface area contributed by atoms with Crippen LogP contribution >= 0.6 is 11.3 Å². The van der Waals surface area contributed by atoms with Gasteiger partial charge in [0, 0.05) is 42.0 Å². The summed E-state index contributed by atoms with van der Waals surface area (Å²) in [6.45, 7) is 3.13. The second kappa shape index (κ2) is 8.86. The Kier molecular flexibility index (Phi) is 5.76. The average molecular weight is 463 g/mol. The Bertz CT molecular complexity index is 1280. The molecule has 3 aromatic heterocycles. The molecule has 0 bridgehead atoms. The monoisotopic (exact) mass is 462 g/mol. The minimum Gasteiger partial charge on any atom is -0.497 e. The van der Waals surface area contributed by atoms with E-state index in [2.05, 4.69) is 21.3 Å². The van der Waals surface area contributed by atoms with Crippen LogP contribution < -0.4 is 9.64 Å². The SMILES string of the molecule is COc1ccc2cc(CN(C(=O)c3ccoc3)C3CC3)c(N(C)Cc3csc(C)n3)nc2c1. The van der Waals surface area contributed by atoms with Crippen molar-refractivity contribution in [3.8, 4) is 5.75 Å². The van der Waals surface area contributed by atoms with E-state index in [9.17, 15) is 4.79 Å². The number of hydrogen-bond acceptors (Lipinski definition) is 7. The molecule has 0 N–H and O–H groups in total. The Morgan fingerprint density at radius 1 is 1.21 bits per heavy atom. The third-order valence-corrected chi connectivity index (χ3v) is 6.69. The first kappa shape index (κ1) is 21.5. The molecular formula is C25H26N4O3S. The highest BCUT2D eigenvalue weighted by molar-refractivity contribution is 7.09. The highest BCUT2D eigenvalue weighted by Crippen LogP contribution is 2.33. The predicted octanol–water partition coefficient (Wildman–Crippen LogP) is 5.04. The number of amides is 1. The van der Waals surface area contributed by atoms with Crippen LogP contribution in [0, 0.1) is 6.92 Å². The van der Waals surface area contributed by atoms with Crippen LogP contribution in [-0.4, -0.2) is 41.0 Å². The molecule has 5 rings (SSSR count). The Balaban J connectivity index is 1.53. The van der Waals surface area contributed by atoms with Crippen LogP contribution in [0.5, 0.6) is 5.75 Å². The van der Waals surface area contributed by atoms with Crippen molar-refractivity contribution in [1.82, 2.24) is 14.9 Å². The van der Waals surface area contributed by atoms with E-state index in [1.165, 1.54) is 6.26 Å². The van der Waals surface area contributed by atoms with Crippen molar-refractivity contribution < 1.29 is 13.9 Å². The Labute approximate surface area is 196 Å². The van der Waals surface area contributed by atoms with Gasteiger partial charge in [0.25, 0.3) is 5.91 Å². The van der Waals surface area contributed by atoms with Gasteiger partial charge in [0.05, 0.1) is 41.7 Å². The van der Waals surface area contributed by atoms with Gasteiger partial charge in [-0.25, -0.2) is 9.97 Å². The largest absolute Gasteiger partial charge is 0.497 e. The van der Waals surface area contributed by atoms with Crippen LogP contribution in [0.4, 0.5) is 5.82 Å². The number of methoxy groups -OCH3 is 1. The van der Waals surface area contributed by atoms with E-state index in [0.29, 0.717) is 18.7 Å². The second-order valence-corrected chi connectivity index (χ2v) is 9.48. The van der Waals surface area contributed by atoms with Gasteiger partial charge in [0.2, 0.25) is 0 Å². The number of rotatable bonds is 8. The Morgan fingerprint density at radius 2 is 2.06 bits per heavy atom. The Morgan fingerprint density at radius 3 is 2.73 bits per heavy atom. The molecule has 0 aliphatic heterocycles. The molecule has 0 atom stereocenters. The smallest absolute Gasteiger partial charge is 0.257 e. The van der Waals surface area contributed by atoms with Crippen LogP contribution in [0.3, 0.4) is 0 Å². The maximum atomic E-state index is 13.2. The lowest BCUT2D eigenvalue weighted by Gasteiger charge is -2.26. The van der Waals surface area contributed by atoms with Crippen molar-refractivity contribution in [2.75, 3.05) is 19.1 Å². The first-order valence-electron chi connectivity index (χ1n) is 10.9. The fraction of sp³-hybridized carbons (Fsp3) is 0.320. The number of hydrogen-bond donors (Lipinski definition) is 0. The molecule has 0 spiro atoms. The average Bonchev–Trinajstić information content (AvgIpc) is 3.34. The molecule has 170 valence electrons. The normalized spacial score (nSPS) is 13.3. The maximum absolute atomic E-state index is 13.2. The molecule has 1 fully saturated rings. The summed E-state index contributed by atoms with van der Waals surface area (Å²) in [4.78, 5) is 26.9. The number of ether oxygens (including phenoxy) is 1. The minimum atomic E-state index is -0.00944. The van der Waals surface area contributed by atoms with Gasteiger partial charge < -0.3 is 19.0 Å². The summed E-state index contributed by atoms with van der Waals surface area (Å²) in [6.07, 6.45) is 5.09. The summed E-state index contributed by atoms with van der Waals surface area (Å²) < 4.78 is 10.6. The van der Waals surface area contributed by atoms with E-state index in [1.54, 1.807) is 30.8 Å². The summed E-state index contributed by atoms with van der Waals surface area (Å²) in [5.74, 6) is 1.60. The van der Waals surface area contributed by atoms with Gasteiger partial charge in [-0.1, -0.05) is 0 Å². The number of fused-ring (bicyclic) bond motifs is 1. The fourth-order valence-corrected chi connectivity index (χ4v) is 4.65. The number of benzene rings is 1.